The lowest BCUT2D eigenvalue weighted by atomic mass is 10.3. The molecule has 0 fully saturated rings. The molecule has 0 radical (unpaired) electrons. The second-order valence-electron chi connectivity index (χ2n) is 3.15. The quantitative estimate of drug-likeness (QED) is 0.567. The van der Waals surface area contributed by atoms with E-state index < -0.39 is 10.2 Å². The molecule has 0 atom stereocenters. The average molecular weight is 224 g/mol. The number of aliphatic hydroxyl groups excluding tert-OH is 1. The van der Waals surface area contributed by atoms with Crippen LogP contribution in [0.25, 0.3) is 0 Å². The van der Waals surface area contributed by atoms with E-state index in [9.17, 15) is 8.42 Å². The Bertz CT molecular complexity index is 229. The lowest BCUT2D eigenvalue weighted by Crippen LogP contribution is -2.39. The first-order chi connectivity index (χ1) is 6.54. The van der Waals surface area contributed by atoms with E-state index in [-0.39, 0.29) is 6.61 Å². The van der Waals surface area contributed by atoms with E-state index in [0.717, 1.165) is 12.8 Å². The van der Waals surface area contributed by atoms with Crippen molar-refractivity contribution in [3.05, 3.63) is 0 Å². The Hall–Kier alpha value is -0.170. The highest BCUT2D eigenvalue weighted by molar-refractivity contribution is 7.87. The van der Waals surface area contributed by atoms with E-state index in [0.29, 0.717) is 19.5 Å². The molecule has 0 aliphatic carbocycles. The fraction of sp³-hybridized carbons (Fsp3) is 1.00. The summed E-state index contributed by atoms with van der Waals surface area (Å²) in [6, 6.07) is 0. The Kier molecular flexibility index (Phi) is 7.08. The number of hydrogen-bond acceptors (Lipinski definition) is 3. The normalized spacial score (nSPS) is 12.3. The second kappa shape index (κ2) is 7.17. The van der Waals surface area contributed by atoms with E-state index in [1.165, 1.54) is 11.4 Å². The van der Waals surface area contributed by atoms with Gasteiger partial charge in [0.15, 0.2) is 0 Å². The molecule has 0 aliphatic heterocycles. The largest absolute Gasteiger partial charge is 0.396 e. The van der Waals surface area contributed by atoms with Crippen LogP contribution in [0.15, 0.2) is 0 Å². The van der Waals surface area contributed by atoms with Gasteiger partial charge in [-0.2, -0.15) is 12.7 Å². The van der Waals surface area contributed by atoms with Gasteiger partial charge in [-0.15, -0.1) is 0 Å². The second-order valence-corrected chi connectivity index (χ2v) is 5.01. The Labute approximate surface area is 86.3 Å². The highest BCUT2D eigenvalue weighted by Gasteiger charge is 2.15. The van der Waals surface area contributed by atoms with Gasteiger partial charge in [-0.25, -0.2) is 4.72 Å². The number of nitrogens with one attached hydrogen (secondary N) is 1. The minimum Gasteiger partial charge on any atom is -0.396 e. The molecule has 0 unspecified atom stereocenters. The molecule has 14 heavy (non-hydrogen) atoms. The molecule has 0 aromatic heterocycles. The molecule has 0 aromatic carbocycles. The summed E-state index contributed by atoms with van der Waals surface area (Å²) in [7, 11) is -1.83. The standard InChI is InChI=1S/C8H20N2O3S/c1-3-4-6-9-14(12,13)10(2)7-5-8-11/h9,11H,3-8H2,1-2H3. The monoisotopic (exact) mass is 224 g/mol. The van der Waals surface area contributed by atoms with E-state index in [4.69, 9.17) is 5.11 Å². The zero-order valence-corrected chi connectivity index (χ0v) is 9.68. The fourth-order valence-corrected chi connectivity index (χ4v) is 1.89. The Morgan fingerprint density at radius 1 is 1.36 bits per heavy atom. The molecule has 5 nitrogen and oxygen atoms in total. The number of aliphatic hydroxyl groups is 1. The first kappa shape index (κ1) is 13.8. The van der Waals surface area contributed by atoms with Crippen LogP contribution < -0.4 is 4.72 Å². The van der Waals surface area contributed by atoms with E-state index in [1.54, 1.807) is 0 Å². The minimum atomic E-state index is -3.33. The van der Waals surface area contributed by atoms with Crippen molar-refractivity contribution < 1.29 is 13.5 Å². The van der Waals surface area contributed by atoms with Gasteiger partial charge in [-0.05, 0) is 12.8 Å². The minimum absolute atomic E-state index is 0.00875. The number of rotatable bonds is 8. The molecule has 2 N–H and O–H groups in total. The van der Waals surface area contributed by atoms with Crippen molar-refractivity contribution in [3.8, 4) is 0 Å². The first-order valence-corrected chi connectivity index (χ1v) is 6.30. The van der Waals surface area contributed by atoms with Crippen LogP contribution in [-0.4, -0.2) is 44.6 Å². The summed E-state index contributed by atoms with van der Waals surface area (Å²) in [4.78, 5) is 0. The summed E-state index contributed by atoms with van der Waals surface area (Å²) >= 11 is 0. The van der Waals surface area contributed by atoms with Gasteiger partial charge < -0.3 is 5.11 Å². The zero-order valence-electron chi connectivity index (χ0n) is 8.86. The van der Waals surface area contributed by atoms with Crippen LogP contribution in [0.3, 0.4) is 0 Å². The van der Waals surface area contributed by atoms with Gasteiger partial charge in [0.1, 0.15) is 0 Å². The molecule has 6 heteroatoms. The summed E-state index contributed by atoms with van der Waals surface area (Å²) in [6.07, 6.45) is 2.27. The number of nitrogens with zero attached hydrogens (tertiary/aromatic N) is 1. The molecule has 0 rings (SSSR count). The molecule has 0 saturated carbocycles. The molecular formula is C8H20N2O3S. The smallest absolute Gasteiger partial charge is 0.279 e. The van der Waals surface area contributed by atoms with Crippen LogP contribution in [-0.2, 0) is 10.2 Å². The summed E-state index contributed by atoms with van der Waals surface area (Å²) in [5.41, 5.74) is 0. The molecular weight excluding hydrogens is 204 g/mol. The van der Waals surface area contributed by atoms with Crippen LogP contribution >= 0.6 is 0 Å². The summed E-state index contributed by atoms with van der Waals surface area (Å²) in [6.45, 7) is 2.83. The van der Waals surface area contributed by atoms with Crippen molar-refractivity contribution in [2.75, 3.05) is 26.7 Å². The zero-order chi connectivity index (χ0) is 11.0. The summed E-state index contributed by atoms with van der Waals surface area (Å²) in [5.74, 6) is 0. The van der Waals surface area contributed by atoms with Crippen molar-refractivity contribution in [3.63, 3.8) is 0 Å². The van der Waals surface area contributed by atoms with Crippen molar-refractivity contribution in [2.24, 2.45) is 0 Å². The third kappa shape index (κ3) is 5.54. The third-order valence-electron chi connectivity index (χ3n) is 1.86. The Morgan fingerprint density at radius 2 is 2.00 bits per heavy atom. The molecule has 0 saturated heterocycles. The predicted molar refractivity (Wildman–Crippen MR) is 56.2 cm³/mol. The molecule has 0 aliphatic rings. The van der Waals surface area contributed by atoms with Crippen molar-refractivity contribution in [1.29, 1.82) is 0 Å². The number of hydrogen-bond donors (Lipinski definition) is 2. The van der Waals surface area contributed by atoms with Crippen LogP contribution in [0.5, 0.6) is 0 Å². The lowest BCUT2D eigenvalue weighted by molar-refractivity contribution is 0.275. The predicted octanol–water partition coefficient (Wildman–Crippen LogP) is -0.0649. The molecule has 0 aromatic rings. The van der Waals surface area contributed by atoms with Gasteiger partial charge in [0.2, 0.25) is 0 Å². The average Bonchev–Trinajstić information content (AvgIpc) is 2.14. The maximum atomic E-state index is 11.4. The van der Waals surface area contributed by atoms with Gasteiger partial charge in [0.05, 0.1) is 0 Å². The Morgan fingerprint density at radius 3 is 2.50 bits per heavy atom. The summed E-state index contributed by atoms with van der Waals surface area (Å²) in [5, 5.41) is 8.55. The Balaban J connectivity index is 3.91. The molecule has 0 bridgehead atoms. The van der Waals surface area contributed by atoms with Crippen LogP contribution in [0, 0.1) is 0 Å². The van der Waals surface area contributed by atoms with Gasteiger partial charge in [0, 0.05) is 26.7 Å². The van der Waals surface area contributed by atoms with Crippen LogP contribution in [0.2, 0.25) is 0 Å². The first-order valence-electron chi connectivity index (χ1n) is 4.86. The molecule has 0 spiro atoms. The molecule has 0 heterocycles. The molecule has 86 valence electrons. The van der Waals surface area contributed by atoms with Crippen molar-refractivity contribution >= 4 is 10.2 Å². The van der Waals surface area contributed by atoms with Crippen LogP contribution in [0.1, 0.15) is 26.2 Å². The van der Waals surface area contributed by atoms with Crippen LogP contribution in [0.4, 0.5) is 0 Å². The van der Waals surface area contributed by atoms with Gasteiger partial charge in [0.25, 0.3) is 10.2 Å². The lowest BCUT2D eigenvalue weighted by Gasteiger charge is -2.16. The van der Waals surface area contributed by atoms with Gasteiger partial charge >= 0.3 is 0 Å². The van der Waals surface area contributed by atoms with E-state index in [2.05, 4.69) is 4.72 Å². The van der Waals surface area contributed by atoms with Gasteiger partial charge in [-0.3, -0.25) is 0 Å². The van der Waals surface area contributed by atoms with Crippen molar-refractivity contribution in [1.82, 2.24) is 9.03 Å². The van der Waals surface area contributed by atoms with Crippen molar-refractivity contribution in [2.45, 2.75) is 26.2 Å². The maximum Gasteiger partial charge on any atom is 0.279 e. The van der Waals surface area contributed by atoms with E-state index >= 15 is 0 Å². The third-order valence-corrected chi connectivity index (χ3v) is 3.43. The maximum absolute atomic E-state index is 11.4. The van der Waals surface area contributed by atoms with Gasteiger partial charge in [-0.1, -0.05) is 13.3 Å². The topological polar surface area (TPSA) is 69.6 Å². The summed E-state index contributed by atoms with van der Waals surface area (Å²) < 4.78 is 26.6. The fourth-order valence-electron chi connectivity index (χ4n) is 0.902. The SMILES string of the molecule is CCCCNS(=O)(=O)N(C)CCCO. The highest BCUT2D eigenvalue weighted by atomic mass is 32.2. The van der Waals surface area contributed by atoms with E-state index in [1.807, 2.05) is 6.92 Å². The number of unbranched alkanes of at least 4 members (excludes halogenated alkanes) is 1. The highest BCUT2D eigenvalue weighted by Crippen LogP contribution is 1.96. The molecule has 0 amide bonds.